The van der Waals surface area contributed by atoms with E-state index in [0.717, 1.165) is 49.8 Å². The Hall–Kier alpha value is -2.86. The summed E-state index contributed by atoms with van der Waals surface area (Å²) in [5.74, 6) is 1.59. The van der Waals surface area contributed by atoms with Crippen LogP contribution in [0.3, 0.4) is 0 Å². The fourth-order valence-electron chi connectivity index (χ4n) is 3.22. The number of hydrogen-bond donors (Lipinski definition) is 0. The molecule has 6 nitrogen and oxygen atoms in total. The van der Waals surface area contributed by atoms with Gasteiger partial charge in [0.1, 0.15) is 17.2 Å². The van der Waals surface area contributed by atoms with Crippen molar-refractivity contribution in [1.29, 1.82) is 0 Å². The van der Waals surface area contributed by atoms with Crippen LogP contribution in [0.4, 0.5) is 0 Å². The Bertz CT molecular complexity index is 899. The lowest BCUT2D eigenvalue weighted by molar-refractivity contribution is -0.127. The third-order valence-electron chi connectivity index (χ3n) is 4.63. The summed E-state index contributed by atoms with van der Waals surface area (Å²) in [6, 6.07) is 9.76. The van der Waals surface area contributed by atoms with Gasteiger partial charge >= 0.3 is 0 Å². The molecule has 0 saturated carbocycles. The van der Waals surface area contributed by atoms with Gasteiger partial charge in [0.2, 0.25) is 5.91 Å². The molecule has 0 atom stereocenters. The maximum Gasteiger partial charge on any atom is 0.246 e. The number of carbonyl (C=O) groups is 1. The Morgan fingerprint density at radius 1 is 1.19 bits per heavy atom. The predicted molar refractivity (Wildman–Crippen MR) is 99.5 cm³/mol. The largest absolute Gasteiger partial charge is 0.462 e. The fourth-order valence-corrected chi connectivity index (χ4v) is 3.22. The maximum absolute atomic E-state index is 12.3. The monoisotopic (exact) mass is 350 g/mol. The molecule has 1 aliphatic heterocycles. The Balaban J connectivity index is 1.30. The van der Waals surface area contributed by atoms with Crippen molar-refractivity contribution in [3.8, 4) is 0 Å². The summed E-state index contributed by atoms with van der Waals surface area (Å²) in [6.07, 6.45) is 7.41. The summed E-state index contributed by atoms with van der Waals surface area (Å²) >= 11 is 0. The number of fused-ring (bicyclic) bond motifs is 1. The Morgan fingerprint density at radius 2 is 2.04 bits per heavy atom. The Kier molecular flexibility index (Phi) is 4.58. The summed E-state index contributed by atoms with van der Waals surface area (Å²) in [4.78, 5) is 21.2. The molecule has 1 fully saturated rings. The highest BCUT2D eigenvalue weighted by Gasteiger charge is 2.20. The minimum atomic E-state index is 0.0337. The van der Waals surface area contributed by atoms with Crippen molar-refractivity contribution in [3.63, 3.8) is 0 Å². The topological polar surface area (TPSA) is 54.0 Å². The SMILES string of the molecule is Cc1ccc(/C=C/C(=O)N2CCN(Cc3cn4ccccc4n3)CC2)o1. The molecule has 26 heavy (non-hydrogen) atoms. The van der Waals surface area contributed by atoms with E-state index in [9.17, 15) is 4.79 Å². The van der Waals surface area contributed by atoms with E-state index >= 15 is 0 Å². The summed E-state index contributed by atoms with van der Waals surface area (Å²) in [5, 5.41) is 0. The van der Waals surface area contributed by atoms with E-state index in [0.29, 0.717) is 5.76 Å². The molecule has 3 aromatic rings. The number of imidazole rings is 1. The lowest BCUT2D eigenvalue weighted by Crippen LogP contribution is -2.47. The quantitative estimate of drug-likeness (QED) is 0.679. The first kappa shape index (κ1) is 16.6. The highest BCUT2D eigenvalue weighted by Crippen LogP contribution is 2.12. The number of hydrogen-bond acceptors (Lipinski definition) is 4. The highest BCUT2D eigenvalue weighted by molar-refractivity contribution is 5.91. The van der Waals surface area contributed by atoms with E-state index < -0.39 is 0 Å². The lowest BCUT2D eigenvalue weighted by Gasteiger charge is -2.33. The van der Waals surface area contributed by atoms with Crippen molar-refractivity contribution in [2.45, 2.75) is 13.5 Å². The van der Waals surface area contributed by atoms with Gasteiger partial charge < -0.3 is 13.7 Å². The van der Waals surface area contributed by atoms with Crippen LogP contribution in [0.15, 0.2) is 53.2 Å². The lowest BCUT2D eigenvalue weighted by atomic mass is 10.2. The second-order valence-corrected chi connectivity index (χ2v) is 6.58. The van der Waals surface area contributed by atoms with Crippen molar-refractivity contribution in [2.24, 2.45) is 0 Å². The van der Waals surface area contributed by atoms with E-state index in [1.165, 1.54) is 0 Å². The normalized spacial score (nSPS) is 16.0. The van der Waals surface area contributed by atoms with Crippen LogP contribution in [0.2, 0.25) is 0 Å². The first-order valence-electron chi connectivity index (χ1n) is 8.86. The van der Waals surface area contributed by atoms with Gasteiger partial charge in [0, 0.05) is 51.2 Å². The molecule has 0 spiro atoms. The van der Waals surface area contributed by atoms with Gasteiger partial charge in [-0.1, -0.05) is 6.07 Å². The number of pyridine rings is 1. The zero-order valence-corrected chi connectivity index (χ0v) is 14.8. The van der Waals surface area contributed by atoms with Gasteiger partial charge in [-0.15, -0.1) is 0 Å². The smallest absolute Gasteiger partial charge is 0.246 e. The van der Waals surface area contributed by atoms with Crippen molar-refractivity contribution < 1.29 is 9.21 Å². The Morgan fingerprint density at radius 3 is 2.77 bits per heavy atom. The predicted octanol–water partition coefficient (Wildman–Crippen LogP) is 2.59. The van der Waals surface area contributed by atoms with Crippen molar-refractivity contribution in [2.75, 3.05) is 26.2 Å². The Labute approximate surface area is 152 Å². The van der Waals surface area contributed by atoms with Crippen LogP contribution in [0, 0.1) is 6.92 Å². The molecular weight excluding hydrogens is 328 g/mol. The average molecular weight is 350 g/mol. The van der Waals surface area contributed by atoms with Crippen molar-refractivity contribution >= 4 is 17.6 Å². The van der Waals surface area contributed by atoms with Crippen LogP contribution in [0.1, 0.15) is 17.2 Å². The number of piperazine rings is 1. The third-order valence-corrected chi connectivity index (χ3v) is 4.63. The first-order valence-corrected chi connectivity index (χ1v) is 8.86. The van der Waals surface area contributed by atoms with Gasteiger partial charge in [-0.2, -0.15) is 0 Å². The van der Waals surface area contributed by atoms with Crippen LogP contribution >= 0.6 is 0 Å². The number of rotatable bonds is 4. The molecule has 3 aromatic heterocycles. The molecule has 1 saturated heterocycles. The van der Waals surface area contributed by atoms with Crippen LogP contribution in [0.5, 0.6) is 0 Å². The molecular formula is C20H22N4O2. The number of nitrogens with zero attached hydrogens (tertiary/aromatic N) is 4. The zero-order valence-electron chi connectivity index (χ0n) is 14.8. The average Bonchev–Trinajstić information content (AvgIpc) is 3.25. The van der Waals surface area contributed by atoms with Gasteiger partial charge in [0.15, 0.2) is 0 Å². The molecule has 0 unspecified atom stereocenters. The van der Waals surface area contributed by atoms with E-state index in [1.807, 2.05) is 52.8 Å². The van der Waals surface area contributed by atoms with Gasteiger partial charge in [-0.25, -0.2) is 4.98 Å². The second kappa shape index (κ2) is 7.17. The molecule has 1 aliphatic rings. The van der Waals surface area contributed by atoms with Crippen LogP contribution < -0.4 is 0 Å². The highest BCUT2D eigenvalue weighted by atomic mass is 16.3. The van der Waals surface area contributed by atoms with E-state index in [-0.39, 0.29) is 5.91 Å². The number of carbonyl (C=O) groups excluding carboxylic acids is 1. The van der Waals surface area contributed by atoms with Gasteiger partial charge in [-0.05, 0) is 37.3 Å². The third kappa shape index (κ3) is 3.70. The van der Waals surface area contributed by atoms with Crippen LogP contribution in [0.25, 0.3) is 11.7 Å². The number of amides is 1. The van der Waals surface area contributed by atoms with Gasteiger partial charge in [-0.3, -0.25) is 9.69 Å². The minimum absolute atomic E-state index is 0.0337. The maximum atomic E-state index is 12.3. The van der Waals surface area contributed by atoms with Crippen LogP contribution in [-0.2, 0) is 11.3 Å². The molecule has 0 bridgehead atoms. The molecule has 0 N–H and O–H groups in total. The molecule has 4 rings (SSSR count). The summed E-state index contributed by atoms with van der Waals surface area (Å²) in [6.45, 7) is 5.87. The molecule has 1 amide bonds. The molecule has 134 valence electrons. The van der Waals surface area contributed by atoms with E-state index in [1.54, 1.807) is 12.2 Å². The summed E-state index contributed by atoms with van der Waals surface area (Å²) < 4.78 is 7.49. The van der Waals surface area contributed by atoms with E-state index in [4.69, 9.17) is 4.42 Å². The molecule has 0 aliphatic carbocycles. The van der Waals surface area contributed by atoms with Gasteiger partial charge in [0.05, 0.1) is 5.69 Å². The van der Waals surface area contributed by atoms with Crippen LogP contribution in [-0.4, -0.2) is 51.3 Å². The molecule has 0 aromatic carbocycles. The summed E-state index contributed by atoms with van der Waals surface area (Å²) in [5.41, 5.74) is 2.03. The number of furan rings is 1. The zero-order chi connectivity index (χ0) is 17.9. The molecule has 4 heterocycles. The first-order chi connectivity index (χ1) is 12.7. The minimum Gasteiger partial charge on any atom is -0.462 e. The van der Waals surface area contributed by atoms with Gasteiger partial charge in [0.25, 0.3) is 0 Å². The fraction of sp³-hybridized carbons (Fsp3) is 0.300. The number of aryl methyl sites for hydroxylation is 1. The van der Waals surface area contributed by atoms with Crippen molar-refractivity contribution in [1.82, 2.24) is 19.2 Å². The number of aromatic nitrogens is 2. The van der Waals surface area contributed by atoms with Crippen molar-refractivity contribution in [3.05, 3.63) is 66.0 Å². The van der Waals surface area contributed by atoms with E-state index in [2.05, 4.69) is 16.1 Å². The molecule has 6 heteroatoms. The summed E-state index contributed by atoms with van der Waals surface area (Å²) in [7, 11) is 0. The standard InChI is InChI=1S/C20H22N4O2/c1-16-5-6-18(26-16)7-8-20(25)23-12-10-22(11-13-23)14-17-15-24-9-3-2-4-19(24)21-17/h2-9,15H,10-14H2,1H3/b8-7+. The molecule has 0 radical (unpaired) electrons. The second-order valence-electron chi connectivity index (χ2n) is 6.58.